The van der Waals surface area contributed by atoms with Crippen LogP contribution < -0.4 is 5.73 Å². The first-order valence-electron chi connectivity index (χ1n) is 11.9. The van der Waals surface area contributed by atoms with Crippen molar-refractivity contribution in [3.05, 3.63) is 81.4 Å². The predicted molar refractivity (Wildman–Crippen MR) is 139 cm³/mol. The van der Waals surface area contributed by atoms with Crippen molar-refractivity contribution in [3.63, 3.8) is 0 Å². The minimum Gasteiger partial charge on any atom is -0.508 e. The maximum absolute atomic E-state index is 10.3. The van der Waals surface area contributed by atoms with Gasteiger partial charge in [-0.1, -0.05) is 52.0 Å². The zero-order chi connectivity index (χ0) is 24.1. The van der Waals surface area contributed by atoms with Crippen LogP contribution in [0, 0.1) is 0 Å². The van der Waals surface area contributed by atoms with Gasteiger partial charge in [-0.25, -0.2) is 0 Å². The van der Waals surface area contributed by atoms with Crippen LogP contribution in [0.25, 0.3) is 0 Å². The normalized spacial score (nSPS) is 11.7. The second kappa shape index (κ2) is 10.6. The Kier molecular flexibility index (Phi) is 7.80. The van der Waals surface area contributed by atoms with E-state index in [1.807, 2.05) is 6.92 Å². The Morgan fingerprint density at radius 1 is 0.758 bits per heavy atom. The summed E-state index contributed by atoms with van der Waals surface area (Å²) in [4.78, 5) is 4.93. The predicted octanol–water partition coefficient (Wildman–Crippen LogP) is 6.66. The molecule has 0 radical (unpaired) electrons. The number of hydrogen-bond acceptors (Lipinski definition) is 4. The Morgan fingerprint density at radius 2 is 1.24 bits per heavy atom. The zero-order valence-electron chi connectivity index (χ0n) is 20.5. The molecule has 0 saturated heterocycles. The summed E-state index contributed by atoms with van der Waals surface area (Å²) in [6.45, 7) is 10.5. The molecule has 4 N–H and O–H groups in total. The van der Waals surface area contributed by atoms with Crippen LogP contribution in [0.1, 0.15) is 73.6 Å². The van der Waals surface area contributed by atoms with Crippen LogP contribution in [-0.2, 0) is 32.1 Å². The summed E-state index contributed by atoms with van der Waals surface area (Å²) in [5.41, 5.74) is 17.0. The van der Waals surface area contributed by atoms with Crippen molar-refractivity contribution >= 4 is 17.1 Å². The molecule has 33 heavy (non-hydrogen) atoms. The summed E-state index contributed by atoms with van der Waals surface area (Å²) in [6, 6.07) is 13.6. The zero-order valence-corrected chi connectivity index (χ0v) is 20.5. The summed E-state index contributed by atoms with van der Waals surface area (Å²) in [5.74, 6) is 0.0720. The van der Waals surface area contributed by atoms with E-state index in [4.69, 9.17) is 10.7 Å². The maximum atomic E-state index is 10.3. The molecule has 3 rings (SSSR count). The fraction of sp³-hybridized carbons (Fsp3) is 0.345. The van der Waals surface area contributed by atoms with Crippen molar-refractivity contribution in [1.29, 1.82) is 0 Å². The quantitative estimate of drug-likeness (QED) is 0.268. The second-order valence-corrected chi connectivity index (χ2v) is 8.58. The van der Waals surface area contributed by atoms with E-state index >= 15 is 0 Å². The van der Waals surface area contributed by atoms with Crippen molar-refractivity contribution in [3.8, 4) is 11.5 Å². The molecule has 0 spiro atoms. The number of hydrogen-bond donors (Lipinski definition) is 3. The number of rotatable bonds is 8. The highest BCUT2D eigenvalue weighted by atomic mass is 16.3. The minimum atomic E-state index is 0.0331. The largest absolute Gasteiger partial charge is 0.508 e. The Balaban J connectivity index is 2.03. The molecule has 0 amide bonds. The molecule has 3 aromatic rings. The van der Waals surface area contributed by atoms with Gasteiger partial charge in [-0.05, 0) is 84.5 Å². The number of nitrogen functional groups attached to an aromatic ring is 1. The van der Waals surface area contributed by atoms with Gasteiger partial charge in [-0.15, -0.1) is 0 Å². The molecule has 0 aliphatic carbocycles. The fourth-order valence-corrected chi connectivity index (χ4v) is 4.44. The van der Waals surface area contributed by atoms with Crippen LogP contribution in [0.4, 0.5) is 11.4 Å². The van der Waals surface area contributed by atoms with E-state index in [0.717, 1.165) is 49.2 Å². The highest BCUT2D eigenvalue weighted by Gasteiger charge is 2.13. The fourth-order valence-electron chi connectivity index (χ4n) is 4.44. The van der Waals surface area contributed by atoms with Gasteiger partial charge < -0.3 is 15.9 Å². The van der Waals surface area contributed by atoms with Crippen molar-refractivity contribution in [2.24, 2.45) is 4.99 Å². The van der Waals surface area contributed by atoms with E-state index in [1.165, 1.54) is 39.4 Å². The first-order chi connectivity index (χ1) is 15.8. The highest BCUT2D eigenvalue weighted by Crippen LogP contribution is 2.32. The van der Waals surface area contributed by atoms with Crippen molar-refractivity contribution in [1.82, 2.24) is 0 Å². The Bertz CT molecular complexity index is 1130. The Morgan fingerprint density at radius 3 is 1.70 bits per heavy atom. The van der Waals surface area contributed by atoms with Crippen LogP contribution >= 0.6 is 0 Å². The van der Waals surface area contributed by atoms with E-state index < -0.39 is 0 Å². The van der Waals surface area contributed by atoms with Crippen molar-refractivity contribution in [2.45, 2.75) is 66.7 Å². The molecular formula is C29H36N2O2. The molecule has 0 bridgehead atoms. The molecule has 174 valence electrons. The first kappa shape index (κ1) is 24.4. The van der Waals surface area contributed by atoms with Gasteiger partial charge >= 0.3 is 0 Å². The number of phenols is 2. The molecule has 0 unspecified atom stereocenters. The number of nitrogens with zero attached hydrogens (tertiary/aromatic N) is 1. The molecule has 0 heterocycles. The third-order valence-corrected chi connectivity index (χ3v) is 6.32. The van der Waals surface area contributed by atoms with E-state index in [1.54, 1.807) is 12.1 Å². The van der Waals surface area contributed by atoms with Crippen LogP contribution in [0.2, 0.25) is 0 Å². The number of aliphatic imine (C=N–C) groups is 1. The molecule has 0 atom stereocenters. The van der Waals surface area contributed by atoms with Crippen LogP contribution in [0.15, 0.2) is 47.5 Å². The second-order valence-electron chi connectivity index (χ2n) is 8.58. The van der Waals surface area contributed by atoms with Gasteiger partial charge in [-0.3, -0.25) is 4.99 Å². The summed E-state index contributed by atoms with van der Waals surface area (Å²) in [5, 5.41) is 19.9. The lowest BCUT2D eigenvalue weighted by Crippen LogP contribution is -2.03. The monoisotopic (exact) mass is 444 g/mol. The third-order valence-electron chi connectivity index (χ3n) is 6.32. The molecule has 3 aromatic carbocycles. The summed E-state index contributed by atoms with van der Waals surface area (Å²) in [6.07, 6.45) is 4.48. The molecule has 0 aromatic heterocycles. The van der Waals surface area contributed by atoms with Gasteiger partial charge in [0, 0.05) is 23.0 Å². The number of nitrogens with two attached hydrogens (primary N) is 1. The van der Waals surface area contributed by atoms with E-state index in [9.17, 15) is 10.2 Å². The molecule has 0 fully saturated rings. The lowest BCUT2D eigenvalue weighted by atomic mass is 9.92. The standard InChI is InChI=1S/C29H36N2O2/c1-6-21-13-19(14-22(7-2)28(21)30)12-20-15-23(8-3)29(24(9-4)16-20)31-18(5)26-11-10-25(32)17-27(26)33/h10-11,13-17,32-33H,6-9,12,30H2,1-5H3. The van der Waals surface area contributed by atoms with Gasteiger partial charge in [0.25, 0.3) is 0 Å². The van der Waals surface area contributed by atoms with Crippen molar-refractivity contribution in [2.75, 3.05) is 5.73 Å². The SMILES string of the molecule is CCc1cc(Cc2cc(CC)c(N=C(C)c3ccc(O)cc3O)c(CC)c2)cc(CC)c1N. The maximum Gasteiger partial charge on any atom is 0.128 e. The van der Waals surface area contributed by atoms with Gasteiger partial charge in [0.05, 0.1) is 5.69 Å². The third kappa shape index (κ3) is 5.39. The molecular weight excluding hydrogens is 408 g/mol. The molecule has 0 aliphatic rings. The smallest absolute Gasteiger partial charge is 0.128 e. The van der Waals surface area contributed by atoms with Gasteiger partial charge in [-0.2, -0.15) is 0 Å². The number of aromatic hydroxyl groups is 2. The summed E-state index contributed by atoms with van der Waals surface area (Å²) < 4.78 is 0. The Labute approximate surface area is 197 Å². The van der Waals surface area contributed by atoms with Gasteiger partial charge in [0.2, 0.25) is 0 Å². The topological polar surface area (TPSA) is 78.8 Å². The average molecular weight is 445 g/mol. The van der Waals surface area contributed by atoms with Crippen LogP contribution in [0.3, 0.4) is 0 Å². The van der Waals surface area contributed by atoms with E-state index in [2.05, 4.69) is 52.0 Å². The molecule has 0 aliphatic heterocycles. The number of anilines is 1. The Hall–Kier alpha value is -3.27. The molecule has 0 saturated carbocycles. The van der Waals surface area contributed by atoms with Gasteiger partial charge in [0.1, 0.15) is 11.5 Å². The average Bonchev–Trinajstić information content (AvgIpc) is 2.80. The molecule has 4 nitrogen and oxygen atoms in total. The van der Waals surface area contributed by atoms with Crippen LogP contribution in [0.5, 0.6) is 11.5 Å². The molecule has 4 heteroatoms. The van der Waals surface area contributed by atoms with Crippen LogP contribution in [-0.4, -0.2) is 15.9 Å². The lowest BCUT2D eigenvalue weighted by molar-refractivity contribution is 0.450. The number of phenolic OH excluding ortho intramolecular Hbond substituents is 2. The van der Waals surface area contributed by atoms with Gasteiger partial charge in [0.15, 0.2) is 0 Å². The lowest BCUT2D eigenvalue weighted by Gasteiger charge is -2.16. The van der Waals surface area contributed by atoms with E-state index in [-0.39, 0.29) is 11.5 Å². The number of aryl methyl sites for hydroxylation is 4. The first-order valence-corrected chi connectivity index (χ1v) is 11.9. The highest BCUT2D eigenvalue weighted by molar-refractivity contribution is 6.02. The van der Waals surface area contributed by atoms with Crippen molar-refractivity contribution < 1.29 is 10.2 Å². The minimum absolute atomic E-state index is 0.0331. The summed E-state index contributed by atoms with van der Waals surface area (Å²) in [7, 11) is 0. The number of benzene rings is 3. The summed E-state index contributed by atoms with van der Waals surface area (Å²) >= 11 is 0. The van der Waals surface area contributed by atoms with E-state index in [0.29, 0.717) is 5.56 Å².